The van der Waals surface area contributed by atoms with E-state index in [4.69, 9.17) is 4.99 Å². The van der Waals surface area contributed by atoms with Gasteiger partial charge in [-0.15, -0.1) is 0 Å². The summed E-state index contributed by atoms with van der Waals surface area (Å²) in [7, 11) is 0. The van der Waals surface area contributed by atoms with Gasteiger partial charge in [0.05, 0.1) is 16.7 Å². The molecule has 0 amide bonds. The second-order valence-electron chi connectivity index (χ2n) is 9.69. The molecule has 2 nitrogen and oxygen atoms in total. The maximum atomic E-state index is 4.98. The van der Waals surface area contributed by atoms with Crippen LogP contribution in [0.25, 0.3) is 49.4 Å². The smallest absolute Gasteiger partial charge is 0.0633 e. The quantitative estimate of drug-likeness (QED) is 0.220. The van der Waals surface area contributed by atoms with E-state index < -0.39 is 0 Å². The number of hydrogen-bond donors (Lipinski definition) is 0. The van der Waals surface area contributed by atoms with Gasteiger partial charge in [0.25, 0.3) is 0 Å². The molecule has 0 bridgehead atoms. The van der Waals surface area contributed by atoms with E-state index in [9.17, 15) is 0 Å². The van der Waals surface area contributed by atoms with Crippen LogP contribution < -0.4 is 0 Å². The molecule has 6 aromatic carbocycles. The third-order valence-electron chi connectivity index (χ3n) is 7.36. The maximum Gasteiger partial charge on any atom is 0.0633 e. The van der Waals surface area contributed by atoms with Crippen LogP contribution >= 0.6 is 0 Å². The van der Waals surface area contributed by atoms with Crippen LogP contribution in [-0.4, -0.2) is 10.3 Å². The van der Waals surface area contributed by atoms with Crippen molar-refractivity contribution in [2.75, 3.05) is 0 Å². The molecule has 0 fully saturated rings. The molecular weight excluding hydrogens is 460 g/mol. The predicted octanol–water partition coefficient (Wildman–Crippen LogP) is 9.74. The molecule has 180 valence electrons. The van der Waals surface area contributed by atoms with Crippen LogP contribution in [0.1, 0.15) is 12.5 Å². The fraction of sp³-hybridized carbons (Fsp3) is 0.0278. The number of rotatable bonds is 4. The molecule has 0 spiro atoms. The standard InChI is InChI=1S/C36H26N2/c1-25(37-30-20-16-27(17-21-30)26-10-4-2-5-11-26)29-18-22-33-35(24-29)38(31-13-6-3-7-14-31)34-23-19-28-12-8-9-15-32(28)36(33)34/h2-24H,1H3/b37-25+. The highest BCUT2D eigenvalue weighted by atomic mass is 15.0. The minimum atomic E-state index is 0.955. The van der Waals surface area contributed by atoms with Crippen molar-refractivity contribution in [2.24, 2.45) is 4.99 Å². The highest BCUT2D eigenvalue weighted by Gasteiger charge is 2.15. The van der Waals surface area contributed by atoms with Crippen LogP contribution in [0.4, 0.5) is 5.69 Å². The molecule has 0 unspecified atom stereocenters. The lowest BCUT2D eigenvalue weighted by atomic mass is 10.0. The van der Waals surface area contributed by atoms with Gasteiger partial charge < -0.3 is 4.57 Å². The molecule has 7 rings (SSSR count). The Morgan fingerprint density at radius 2 is 1.24 bits per heavy atom. The Kier molecular flexibility index (Phi) is 5.37. The number of para-hydroxylation sites is 1. The average molecular weight is 487 g/mol. The van der Waals surface area contributed by atoms with Crippen LogP contribution in [-0.2, 0) is 0 Å². The van der Waals surface area contributed by atoms with Crippen molar-refractivity contribution in [3.05, 3.63) is 145 Å². The molecule has 0 N–H and O–H groups in total. The number of aromatic nitrogens is 1. The second-order valence-corrected chi connectivity index (χ2v) is 9.69. The van der Waals surface area contributed by atoms with Crippen LogP contribution in [0.2, 0.25) is 0 Å². The molecule has 0 saturated carbocycles. The first kappa shape index (κ1) is 22.3. The number of aliphatic imine (C=N–C) groups is 1. The average Bonchev–Trinajstić information content (AvgIpc) is 3.32. The zero-order valence-electron chi connectivity index (χ0n) is 21.2. The van der Waals surface area contributed by atoms with Crippen molar-refractivity contribution in [3.63, 3.8) is 0 Å². The summed E-state index contributed by atoms with van der Waals surface area (Å²) < 4.78 is 2.38. The van der Waals surface area contributed by atoms with Gasteiger partial charge in [-0.2, -0.15) is 0 Å². The Balaban J connectivity index is 1.38. The van der Waals surface area contributed by atoms with E-state index in [1.165, 1.54) is 43.7 Å². The SMILES string of the molecule is C/C(=N\c1ccc(-c2ccccc2)cc1)c1ccc2c3c4ccccc4ccc3n(-c3ccccc3)c2c1. The van der Waals surface area contributed by atoms with E-state index in [1.54, 1.807) is 0 Å². The van der Waals surface area contributed by atoms with Crippen LogP contribution in [0, 0.1) is 0 Å². The molecule has 0 aliphatic rings. The zero-order chi connectivity index (χ0) is 25.5. The highest BCUT2D eigenvalue weighted by Crippen LogP contribution is 2.37. The van der Waals surface area contributed by atoms with Crippen molar-refractivity contribution in [1.82, 2.24) is 4.57 Å². The third kappa shape index (κ3) is 3.79. The van der Waals surface area contributed by atoms with Gasteiger partial charge in [0, 0.05) is 22.2 Å². The molecule has 1 aromatic heterocycles. The Labute approximate surface area is 222 Å². The summed E-state index contributed by atoms with van der Waals surface area (Å²) >= 11 is 0. The van der Waals surface area contributed by atoms with Gasteiger partial charge in [-0.3, -0.25) is 4.99 Å². The number of fused-ring (bicyclic) bond motifs is 5. The molecule has 0 atom stereocenters. The highest BCUT2D eigenvalue weighted by molar-refractivity contribution is 6.22. The monoisotopic (exact) mass is 486 g/mol. The predicted molar refractivity (Wildman–Crippen MR) is 162 cm³/mol. The van der Waals surface area contributed by atoms with E-state index in [0.717, 1.165) is 22.6 Å². The minimum absolute atomic E-state index is 0.955. The van der Waals surface area contributed by atoms with Crippen LogP contribution in [0.3, 0.4) is 0 Å². The molecular formula is C36H26N2. The molecule has 0 radical (unpaired) electrons. The lowest BCUT2D eigenvalue weighted by molar-refractivity contribution is 1.18. The lowest BCUT2D eigenvalue weighted by Crippen LogP contribution is -1.97. The fourth-order valence-electron chi connectivity index (χ4n) is 5.48. The largest absolute Gasteiger partial charge is 0.309 e. The topological polar surface area (TPSA) is 17.3 Å². The van der Waals surface area contributed by atoms with E-state index in [-0.39, 0.29) is 0 Å². The summed E-state index contributed by atoms with van der Waals surface area (Å²) in [6.45, 7) is 2.09. The zero-order valence-corrected chi connectivity index (χ0v) is 21.2. The van der Waals surface area contributed by atoms with Crippen molar-refractivity contribution in [1.29, 1.82) is 0 Å². The Hall–Kier alpha value is -4.95. The molecule has 1 heterocycles. The van der Waals surface area contributed by atoms with E-state index >= 15 is 0 Å². The molecule has 38 heavy (non-hydrogen) atoms. The number of nitrogens with zero attached hydrogens (tertiary/aromatic N) is 2. The normalized spacial score (nSPS) is 12.0. The van der Waals surface area contributed by atoms with Crippen molar-refractivity contribution in [3.8, 4) is 16.8 Å². The first-order valence-corrected chi connectivity index (χ1v) is 13.0. The molecule has 0 saturated heterocycles. The summed E-state index contributed by atoms with van der Waals surface area (Å²) in [5.41, 5.74) is 9.04. The summed E-state index contributed by atoms with van der Waals surface area (Å²) in [5, 5.41) is 5.08. The summed E-state index contributed by atoms with van der Waals surface area (Å²) in [5.74, 6) is 0. The van der Waals surface area contributed by atoms with E-state index in [2.05, 4.69) is 145 Å². The van der Waals surface area contributed by atoms with Crippen molar-refractivity contribution in [2.45, 2.75) is 6.92 Å². The minimum Gasteiger partial charge on any atom is -0.309 e. The Morgan fingerprint density at radius 1 is 0.553 bits per heavy atom. The summed E-state index contributed by atoms with van der Waals surface area (Å²) in [4.78, 5) is 4.98. The molecule has 0 aliphatic carbocycles. The molecule has 0 aliphatic heterocycles. The van der Waals surface area contributed by atoms with Crippen LogP contribution in [0.5, 0.6) is 0 Å². The first-order valence-electron chi connectivity index (χ1n) is 13.0. The van der Waals surface area contributed by atoms with E-state index in [1.807, 2.05) is 6.07 Å². The third-order valence-corrected chi connectivity index (χ3v) is 7.36. The fourth-order valence-corrected chi connectivity index (χ4v) is 5.48. The molecule has 2 heteroatoms. The summed E-state index contributed by atoms with van der Waals surface area (Å²) in [6, 6.07) is 49.4. The maximum absolute atomic E-state index is 4.98. The Bertz CT molecular complexity index is 1940. The lowest BCUT2D eigenvalue weighted by Gasteiger charge is -2.09. The first-order chi connectivity index (χ1) is 18.8. The van der Waals surface area contributed by atoms with Gasteiger partial charge in [-0.1, -0.05) is 103 Å². The number of benzene rings is 6. The van der Waals surface area contributed by atoms with Crippen LogP contribution in [0.15, 0.2) is 145 Å². The van der Waals surface area contributed by atoms with Gasteiger partial charge in [-0.05, 0) is 70.8 Å². The van der Waals surface area contributed by atoms with E-state index in [0.29, 0.717) is 0 Å². The van der Waals surface area contributed by atoms with Gasteiger partial charge in [0.2, 0.25) is 0 Å². The van der Waals surface area contributed by atoms with Crippen molar-refractivity contribution >= 4 is 44.0 Å². The Morgan fingerprint density at radius 3 is 2.03 bits per heavy atom. The molecule has 7 aromatic rings. The van der Waals surface area contributed by atoms with Gasteiger partial charge in [0.1, 0.15) is 0 Å². The van der Waals surface area contributed by atoms with Gasteiger partial charge in [-0.25, -0.2) is 0 Å². The number of hydrogen-bond acceptors (Lipinski definition) is 1. The second kappa shape index (κ2) is 9.17. The summed E-state index contributed by atoms with van der Waals surface area (Å²) in [6.07, 6.45) is 0. The van der Waals surface area contributed by atoms with Gasteiger partial charge in [0.15, 0.2) is 0 Å². The van der Waals surface area contributed by atoms with Crippen molar-refractivity contribution < 1.29 is 0 Å². The van der Waals surface area contributed by atoms with Gasteiger partial charge >= 0.3 is 0 Å².